The Hall–Kier alpha value is -2.14. The van der Waals surface area contributed by atoms with E-state index in [0.717, 1.165) is 48.5 Å². The van der Waals surface area contributed by atoms with Gasteiger partial charge in [-0.2, -0.15) is 0 Å². The number of hydrogen-bond donors (Lipinski definition) is 8. The van der Waals surface area contributed by atoms with Crippen LogP contribution in [0.3, 0.4) is 0 Å². The molecule has 0 aromatic carbocycles. The van der Waals surface area contributed by atoms with Gasteiger partial charge in [0, 0.05) is 11.4 Å². The van der Waals surface area contributed by atoms with E-state index in [1.165, 1.54) is 0 Å². The van der Waals surface area contributed by atoms with Crippen molar-refractivity contribution in [2.45, 2.75) is 25.7 Å². The van der Waals surface area contributed by atoms with E-state index in [1.54, 1.807) is 0 Å². The number of anilines is 2. The number of nitrogens with zero attached hydrogens (tertiary/aromatic N) is 2. The first-order valence-electron chi connectivity index (χ1n) is 9.95. The summed E-state index contributed by atoms with van der Waals surface area (Å²) in [5, 5.41) is 0. The Bertz CT molecular complexity index is 643. The highest BCUT2D eigenvalue weighted by Gasteiger charge is 2.29. The molecule has 0 aliphatic heterocycles. The number of fused-ring (bicyclic) bond motifs is 2. The number of nitrogens with two attached hydrogens (primary N) is 6. The van der Waals surface area contributed by atoms with E-state index < -0.39 is 0 Å². The summed E-state index contributed by atoms with van der Waals surface area (Å²) in [6.45, 7) is 2.71. The Morgan fingerprint density at radius 1 is 0.607 bits per heavy atom. The summed E-state index contributed by atoms with van der Waals surface area (Å²) < 4.78 is 0. The Balaban J connectivity index is 0.000000161. The highest BCUT2D eigenvalue weighted by Crippen LogP contribution is 2.29. The van der Waals surface area contributed by atoms with Crippen molar-refractivity contribution in [1.29, 1.82) is 0 Å². The maximum absolute atomic E-state index is 5.71. The summed E-state index contributed by atoms with van der Waals surface area (Å²) in [6, 6.07) is 0. The van der Waals surface area contributed by atoms with Crippen LogP contribution < -0.4 is 34.4 Å². The lowest BCUT2D eigenvalue weighted by atomic mass is 9.80. The summed E-state index contributed by atoms with van der Waals surface area (Å²) in [7, 11) is 0. The largest absolute Gasteiger partial charge is 0.369 e. The van der Waals surface area contributed by atoms with Gasteiger partial charge in [0.05, 0.1) is 11.4 Å². The van der Waals surface area contributed by atoms with Crippen molar-refractivity contribution in [3.8, 4) is 0 Å². The molecule has 4 rings (SSSR count). The minimum absolute atomic E-state index is 0.454. The van der Waals surface area contributed by atoms with Crippen molar-refractivity contribution >= 4 is 11.9 Å². The molecule has 156 valence electrons. The van der Waals surface area contributed by atoms with Crippen molar-refractivity contribution in [2.75, 3.05) is 37.6 Å². The van der Waals surface area contributed by atoms with E-state index in [1.807, 2.05) is 0 Å². The molecule has 0 saturated heterocycles. The topological polar surface area (TPSA) is 213 Å². The number of rotatable bonds is 4. The zero-order valence-electron chi connectivity index (χ0n) is 16.3. The van der Waals surface area contributed by atoms with Gasteiger partial charge in [0.25, 0.3) is 0 Å². The molecule has 2 aliphatic rings. The van der Waals surface area contributed by atoms with Crippen LogP contribution in [0.25, 0.3) is 0 Å². The quantitative estimate of drug-likeness (QED) is 0.306. The Morgan fingerprint density at radius 2 is 0.929 bits per heavy atom. The highest BCUT2D eigenvalue weighted by molar-refractivity contribution is 5.29. The molecule has 0 fully saturated rings. The average Bonchev–Trinajstić information content (AvgIpc) is 3.25. The van der Waals surface area contributed by atoms with Gasteiger partial charge in [-0.15, -0.1) is 0 Å². The minimum atomic E-state index is 0.454. The Labute approximate surface area is 165 Å². The molecule has 2 aliphatic carbocycles. The molecule has 2 aromatic rings. The van der Waals surface area contributed by atoms with Crippen molar-refractivity contribution in [1.82, 2.24) is 19.9 Å². The van der Waals surface area contributed by atoms with Crippen LogP contribution >= 0.6 is 0 Å². The lowest BCUT2D eigenvalue weighted by Gasteiger charge is -2.28. The maximum Gasteiger partial charge on any atom is 0.197 e. The first-order chi connectivity index (χ1) is 13.5. The fraction of sp³-hybridized carbons (Fsp3) is 0.667. The standard InChI is InChI=1S/2C9H17N5/c2*10-3-5-1-7-8(2-6(5)4-11)14-9(12)13-7/h2*5-6H,1-4,10-11H2,(H3,12,13,14)/t2*5-,6-/m10/s1. The van der Waals surface area contributed by atoms with Crippen LogP contribution in [0, 0.1) is 23.7 Å². The number of aromatic nitrogens is 4. The third-order valence-electron chi connectivity index (χ3n) is 6.15. The smallest absolute Gasteiger partial charge is 0.197 e. The molecule has 0 saturated carbocycles. The molecule has 2 aromatic heterocycles. The number of hydrogen-bond acceptors (Lipinski definition) is 8. The summed E-state index contributed by atoms with van der Waals surface area (Å²) >= 11 is 0. The SMILES string of the molecule is NC[C@@H]1Cc2nc(N)[nH]c2C[C@H]1CN.NC[C@H]1Cc2nc(N)[nH]c2C[C@@H]1CN. The molecule has 10 nitrogen and oxygen atoms in total. The van der Waals surface area contributed by atoms with Crippen LogP contribution in [0.1, 0.15) is 22.8 Å². The Morgan fingerprint density at radius 3 is 1.25 bits per heavy atom. The minimum Gasteiger partial charge on any atom is -0.369 e. The van der Waals surface area contributed by atoms with Gasteiger partial charge in [-0.1, -0.05) is 0 Å². The van der Waals surface area contributed by atoms with Crippen molar-refractivity contribution in [3.63, 3.8) is 0 Å². The lowest BCUT2D eigenvalue weighted by molar-refractivity contribution is 0.318. The maximum atomic E-state index is 5.71. The average molecular weight is 391 g/mol. The van der Waals surface area contributed by atoms with E-state index >= 15 is 0 Å². The lowest BCUT2D eigenvalue weighted by Crippen LogP contribution is -2.35. The third-order valence-corrected chi connectivity index (χ3v) is 6.15. The number of nitrogen functional groups attached to an aromatic ring is 2. The monoisotopic (exact) mass is 390 g/mol. The van der Waals surface area contributed by atoms with Gasteiger partial charge in [0.1, 0.15) is 0 Å². The van der Waals surface area contributed by atoms with Crippen molar-refractivity contribution in [2.24, 2.45) is 46.6 Å². The fourth-order valence-corrected chi connectivity index (χ4v) is 4.40. The van der Waals surface area contributed by atoms with Gasteiger partial charge in [-0.05, 0) is 75.5 Å². The van der Waals surface area contributed by atoms with Crippen LogP contribution in [0.4, 0.5) is 11.9 Å². The van der Waals surface area contributed by atoms with E-state index in [2.05, 4.69) is 19.9 Å². The van der Waals surface area contributed by atoms with Crippen LogP contribution in [0.5, 0.6) is 0 Å². The normalized spacial score (nSPS) is 26.1. The molecule has 0 radical (unpaired) electrons. The number of H-pyrrole nitrogens is 2. The molecule has 28 heavy (non-hydrogen) atoms. The first kappa shape index (κ1) is 20.6. The van der Waals surface area contributed by atoms with Gasteiger partial charge in [-0.25, -0.2) is 9.97 Å². The fourth-order valence-electron chi connectivity index (χ4n) is 4.40. The summed E-state index contributed by atoms with van der Waals surface area (Å²) in [5.74, 6) is 2.84. The van der Waals surface area contributed by atoms with Crippen LogP contribution in [0.2, 0.25) is 0 Å². The number of imidazole rings is 2. The zero-order valence-corrected chi connectivity index (χ0v) is 16.3. The summed E-state index contributed by atoms with van der Waals surface area (Å²) in [4.78, 5) is 14.6. The van der Waals surface area contributed by atoms with Crippen LogP contribution in [-0.4, -0.2) is 46.1 Å². The van der Waals surface area contributed by atoms with Gasteiger partial charge in [-0.3, -0.25) is 0 Å². The molecular formula is C18H34N10. The zero-order chi connectivity index (χ0) is 20.3. The molecule has 0 unspecified atom stereocenters. The first-order valence-corrected chi connectivity index (χ1v) is 9.95. The van der Waals surface area contributed by atoms with E-state index in [9.17, 15) is 0 Å². The van der Waals surface area contributed by atoms with Gasteiger partial charge >= 0.3 is 0 Å². The second kappa shape index (κ2) is 8.91. The van der Waals surface area contributed by atoms with E-state index in [0.29, 0.717) is 61.7 Å². The van der Waals surface area contributed by atoms with E-state index in [4.69, 9.17) is 34.4 Å². The molecule has 10 heteroatoms. The van der Waals surface area contributed by atoms with Crippen LogP contribution in [0.15, 0.2) is 0 Å². The second-order valence-electron chi connectivity index (χ2n) is 7.89. The molecule has 0 bridgehead atoms. The van der Waals surface area contributed by atoms with E-state index in [-0.39, 0.29) is 0 Å². The second-order valence-corrected chi connectivity index (χ2v) is 7.89. The van der Waals surface area contributed by atoms with Gasteiger partial charge in [0.15, 0.2) is 11.9 Å². The molecule has 0 amide bonds. The molecule has 2 heterocycles. The van der Waals surface area contributed by atoms with Gasteiger partial charge in [0.2, 0.25) is 0 Å². The number of aromatic amines is 2. The summed E-state index contributed by atoms with van der Waals surface area (Å²) in [5.41, 5.74) is 38.5. The van der Waals surface area contributed by atoms with Gasteiger partial charge < -0.3 is 44.4 Å². The van der Waals surface area contributed by atoms with Crippen molar-refractivity contribution in [3.05, 3.63) is 22.8 Å². The molecule has 4 atom stereocenters. The Kier molecular flexibility index (Phi) is 6.55. The summed E-state index contributed by atoms with van der Waals surface area (Å²) in [6.07, 6.45) is 3.67. The number of nitrogens with one attached hydrogen (secondary N) is 2. The predicted molar refractivity (Wildman–Crippen MR) is 111 cm³/mol. The third kappa shape index (κ3) is 4.30. The van der Waals surface area contributed by atoms with Crippen LogP contribution in [-0.2, 0) is 25.7 Å². The predicted octanol–water partition coefficient (Wildman–Crippen LogP) is -1.52. The molecular weight excluding hydrogens is 356 g/mol. The highest BCUT2D eigenvalue weighted by atomic mass is 15.0. The van der Waals surface area contributed by atoms with Crippen molar-refractivity contribution < 1.29 is 0 Å². The molecule has 0 spiro atoms. The molecule has 14 N–H and O–H groups in total.